The second kappa shape index (κ2) is 19.5. The Balaban J connectivity index is 1.15. The van der Waals surface area contributed by atoms with Crippen molar-refractivity contribution in [3.05, 3.63) is 191 Å². The van der Waals surface area contributed by atoms with Gasteiger partial charge in [0, 0.05) is 42.3 Å². The molecule has 4 aliphatic rings. The van der Waals surface area contributed by atoms with E-state index in [1.165, 1.54) is 5.56 Å². The number of anilines is 3. The molecule has 6 aromatic carbocycles. The molecule has 68 heavy (non-hydrogen) atoms. The number of morpholine rings is 2. The van der Waals surface area contributed by atoms with E-state index in [-0.39, 0.29) is 13.2 Å². The fraction of sp³-hybridized carbons (Fsp3) is 0.268. The average molecular weight is 908 g/mol. The minimum atomic E-state index is -1.73. The molecular formula is C56H53N5O7. The number of aliphatic hydroxyl groups excluding tert-OH is 1. The van der Waals surface area contributed by atoms with Crippen molar-refractivity contribution in [3.63, 3.8) is 0 Å². The third kappa shape index (κ3) is 8.50. The lowest BCUT2D eigenvalue weighted by molar-refractivity contribution is -0.177. The number of nitrogens with one attached hydrogen (secondary N) is 2. The number of carbonyl (C=O) groups is 3. The van der Waals surface area contributed by atoms with Gasteiger partial charge in [-0.05, 0) is 89.5 Å². The molecule has 0 radical (unpaired) electrons. The molecule has 0 unspecified atom stereocenters. The predicted octanol–water partition coefficient (Wildman–Crippen LogP) is 7.29. The third-order valence-corrected chi connectivity index (χ3v) is 13.5. The van der Waals surface area contributed by atoms with E-state index >= 15 is 14.4 Å². The number of benzene rings is 6. The van der Waals surface area contributed by atoms with E-state index in [4.69, 9.17) is 14.2 Å². The van der Waals surface area contributed by atoms with Gasteiger partial charge in [-0.15, -0.1) is 0 Å². The molecule has 0 bridgehead atoms. The molecule has 12 nitrogen and oxygen atoms in total. The number of hydrogen-bond acceptors (Lipinski definition) is 10. The van der Waals surface area contributed by atoms with E-state index in [1.54, 1.807) is 6.07 Å². The molecule has 3 fully saturated rings. The van der Waals surface area contributed by atoms with Gasteiger partial charge >= 0.3 is 5.97 Å². The average Bonchev–Trinajstić information content (AvgIpc) is 3.86. The van der Waals surface area contributed by atoms with Crippen LogP contribution in [-0.2, 0) is 35.8 Å². The number of carbonyl (C=O) groups excluding carboxylic acids is 3. The predicted molar refractivity (Wildman–Crippen MR) is 260 cm³/mol. The maximum atomic E-state index is 15.7. The summed E-state index contributed by atoms with van der Waals surface area (Å²) in [6, 6.07) is 47.4. The number of esters is 1. The van der Waals surface area contributed by atoms with Crippen LogP contribution in [0.2, 0.25) is 0 Å². The number of aliphatic hydroxyl groups is 1. The Morgan fingerprint density at radius 1 is 0.824 bits per heavy atom. The molecule has 4 heterocycles. The molecule has 6 aromatic rings. The Morgan fingerprint density at radius 3 is 2.24 bits per heavy atom. The van der Waals surface area contributed by atoms with Gasteiger partial charge in [0.25, 0.3) is 0 Å². The van der Waals surface area contributed by atoms with Crippen LogP contribution >= 0.6 is 0 Å². The topological polar surface area (TPSA) is 133 Å². The fourth-order valence-corrected chi connectivity index (χ4v) is 10.6. The molecule has 0 aliphatic carbocycles. The molecule has 3 N–H and O–H groups in total. The fourth-order valence-electron chi connectivity index (χ4n) is 10.6. The molecule has 0 saturated carbocycles. The number of amides is 2. The summed E-state index contributed by atoms with van der Waals surface area (Å²) < 4.78 is 18.2. The zero-order chi connectivity index (χ0) is 46.6. The molecule has 2 amide bonds. The van der Waals surface area contributed by atoms with Gasteiger partial charge in [0.1, 0.15) is 29.9 Å². The zero-order valence-corrected chi connectivity index (χ0v) is 37.8. The summed E-state index contributed by atoms with van der Waals surface area (Å²) in [7, 11) is 2.02. The molecule has 0 aromatic heterocycles. The Hall–Kier alpha value is -7.27. The highest BCUT2D eigenvalue weighted by Gasteiger charge is 2.74. The van der Waals surface area contributed by atoms with Gasteiger partial charge in [-0.25, -0.2) is 0 Å². The van der Waals surface area contributed by atoms with E-state index < -0.39 is 53.3 Å². The zero-order valence-electron chi connectivity index (χ0n) is 37.8. The number of hydrogen-bond donors (Lipinski definition) is 3. The van der Waals surface area contributed by atoms with Crippen molar-refractivity contribution in [2.45, 2.75) is 36.2 Å². The Morgan fingerprint density at radius 2 is 1.51 bits per heavy atom. The van der Waals surface area contributed by atoms with Crippen molar-refractivity contribution in [2.75, 3.05) is 68.6 Å². The molecule has 1 spiro atoms. The van der Waals surface area contributed by atoms with E-state index in [1.807, 2.05) is 147 Å². The van der Waals surface area contributed by atoms with Gasteiger partial charge in [0.15, 0.2) is 0 Å². The van der Waals surface area contributed by atoms with Crippen LogP contribution in [0.3, 0.4) is 0 Å². The van der Waals surface area contributed by atoms with Gasteiger partial charge in [0.05, 0.1) is 44.4 Å². The molecule has 6 atom stereocenters. The first-order chi connectivity index (χ1) is 33.3. The maximum Gasteiger partial charge on any atom is 0.324 e. The summed E-state index contributed by atoms with van der Waals surface area (Å²) in [5, 5.41) is 16.1. The standard InChI is InChI=1S/C56H53N5O7/c1-59(37-39-13-5-2-6-14-39)28-12-15-38-22-27-47-46(35-38)56(55(65)58-47)48(53(63)57-43-23-25-44(26-24-43)60-29-32-66-33-30-60)50-54(64)68-51(41-18-9-4-10-19-41)49(40-16-7-3-8-17-40)61(50)52(56)42-20-11-21-45(36-42)67-34-31-62/h2-11,13-14,16-27,35-36,48-52,62H,28-34,37H2,1H3,(H,57,63)(H,58,65)/t48-,49-,50-,51+,52+,56-/m1/s1. The van der Waals surface area contributed by atoms with Crippen LogP contribution < -0.4 is 20.3 Å². The summed E-state index contributed by atoms with van der Waals surface area (Å²) in [5.41, 5.74) is 4.92. The van der Waals surface area contributed by atoms with Crippen molar-refractivity contribution in [1.82, 2.24) is 9.80 Å². The SMILES string of the molecule is CN(CC#Cc1ccc2c(c1)[C@]1(C(=O)N2)[C@H](c2cccc(OCCO)c2)N2[C@H](c3ccccc3)[C@H](c3ccccc3)OC(=O)[C@H]2[C@@H]1C(=O)Nc1ccc(N2CCOCC2)cc1)Cc1ccccc1. The van der Waals surface area contributed by atoms with Crippen molar-refractivity contribution >= 4 is 34.8 Å². The van der Waals surface area contributed by atoms with Crippen LogP contribution in [0.1, 0.15) is 51.6 Å². The van der Waals surface area contributed by atoms with Gasteiger partial charge < -0.3 is 34.9 Å². The largest absolute Gasteiger partial charge is 0.491 e. The summed E-state index contributed by atoms with van der Waals surface area (Å²) in [6.07, 6.45) is -0.820. The van der Waals surface area contributed by atoms with E-state index in [9.17, 15) is 5.11 Å². The summed E-state index contributed by atoms with van der Waals surface area (Å²) in [5.74, 6) is 4.26. The van der Waals surface area contributed by atoms with E-state index in [0.29, 0.717) is 53.6 Å². The van der Waals surface area contributed by atoms with Crippen molar-refractivity contribution in [2.24, 2.45) is 5.92 Å². The molecule has 12 heteroatoms. The van der Waals surface area contributed by atoms with Crippen molar-refractivity contribution in [1.29, 1.82) is 0 Å². The normalized spacial score (nSPS) is 23.0. The lowest BCUT2D eigenvalue weighted by Crippen LogP contribution is -2.53. The first-order valence-electron chi connectivity index (χ1n) is 23.2. The summed E-state index contributed by atoms with van der Waals surface area (Å²) in [4.78, 5) is 53.2. The minimum Gasteiger partial charge on any atom is -0.491 e. The van der Waals surface area contributed by atoms with Gasteiger partial charge in [-0.1, -0.05) is 115 Å². The highest BCUT2D eigenvalue weighted by Crippen LogP contribution is 2.65. The van der Waals surface area contributed by atoms with Gasteiger partial charge in [-0.3, -0.25) is 24.2 Å². The first-order valence-corrected chi connectivity index (χ1v) is 23.2. The quantitative estimate of drug-likeness (QED) is 0.0850. The summed E-state index contributed by atoms with van der Waals surface area (Å²) >= 11 is 0. The number of nitrogens with zero attached hydrogens (tertiary/aromatic N) is 3. The van der Waals surface area contributed by atoms with Gasteiger partial charge in [0.2, 0.25) is 11.8 Å². The molecule has 3 saturated heterocycles. The second-order valence-corrected chi connectivity index (χ2v) is 17.7. The molecule has 4 aliphatic heterocycles. The van der Waals surface area contributed by atoms with Gasteiger partial charge in [-0.2, -0.15) is 0 Å². The highest BCUT2D eigenvalue weighted by molar-refractivity contribution is 6.13. The van der Waals surface area contributed by atoms with E-state index in [2.05, 4.69) is 49.3 Å². The molecule has 10 rings (SSSR count). The lowest BCUT2D eigenvalue weighted by Gasteiger charge is -2.46. The maximum absolute atomic E-state index is 15.7. The molecule has 344 valence electrons. The smallest absolute Gasteiger partial charge is 0.324 e. The van der Waals surface area contributed by atoms with Crippen LogP contribution in [-0.4, -0.2) is 91.8 Å². The minimum absolute atomic E-state index is 0.0435. The molecular weight excluding hydrogens is 855 g/mol. The Labute approximate surface area is 396 Å². The summed E-state index contributed by atoms with van der Waals surface area (Å²) in [6.45, 7) is 3.80. The Bertz CT molecular complexity index is 2830. The highest BCUT2D eigenvalue weighted by atomic mass is 16.6. The number of rotatable bonds is 12. The number of fused-ring (bicyclic) bond motifs is 3. The monoisotopic (exact) mass is 907 g/mol. The second-order valence-electron chi connectivity index (χ2n) is 17.7. The van der Waals surface area contributed by atoms with Crippen LogP contribution in [0.25, 0.3) is 0 Å². The van der Waals surface area contributed by atoms with E-state index in [0.717, 1.165) is 36.4 Å². The van der Waals surface area contributed by atoms with Crippen LogP contribution in [0.15, 0.2) is 158 Å². The van der Waals surface area contributed by atoms with Crippen LogP contribution in [0.5, 0.6) is 5.75 Å². The third-order valence-electron chi connectivity index (χ3n) is 13.5. The van der Waals surface area contributed by atoms with Crippen LogP contribution in [0, 0.1) is 17.8 Å². The van der Waals surface area contributed by atoms with Crippen LogP contribution in [0.4, 0.5) is 17.1 Å². The van der Waals surface area contributed by atoms with Crippen molar-refractivity contribution in [3.8, 4) is 17.6 Å². The number of ether oxygens (including phenoxy) is 3. The number of cyclic esters (lactones) is 1. The lowest BCUT2D eigenvalue weighted by atomic mass is 9.65. The van der Waals surface area contributed by atoms with Crippen molar-refractivity contribution < 1.29 is 33.7 Å². The Kier molecular flexibility index (Phi) is 12.8. The first kappa shape index (κ1) is 44.6.